The van der Waals surface area contributed by atoms with E-state index in [2.05, 4.69) is 15.4 Å². The number of ether oxygens (including phenoxy) is 1. The number of methoxy groups -OCH3 is 1. The van der Waals surface area contributed by atoms with Gasteiger partial charge in [0.2, 0.25) is 0 Å². The first-order valence-corrected chi connectivity index (χ1v) is 7.83. The van der Waals surface area contributed by atoms with Crippen LogP contribution in [0, 0.1) is 0 Å². The fraction of sp³-hybridized carbons (Fsp3) is 0.267. The Labute approximate surface area is 131 Å². The highest BCUT2D eigenvalue weighted by Gasteiger charge is 2.15. The Hall–Kier alpha value is -2.25. The van der Waals surface area contributed by atoms with E-state index in [1.807, 2.05) is 23.6 Å². The fourth-order valence-electron chi connectivity index (χ4n) is 2.18. The number of rotatable bonds is 6. The van der Waals surface area contributed by atoms with Gasteiger partial charge >= 0.3 is 0 Å². The molecule has 0 atom stereocenters. The van der Waals surface area contributed by atoms with Gasteiger partial charge < -0.3 is 10.1 Å². The number of nitrogens with zero attached hydrogens (tertiary/aromatic N) is 3. The quantitative estimate of drug-likeness (QED) is 0.708. The average molecular weight is 316 g/mol. The highest BCUT2D eigenvalue weighted by atomic mass is 32.1. The number of hydrogen-bond acceptors (Lipinski definition) is 5. The van der Waals surface area contributed by atoms with E-state index >= 15 is 0 Å². The molecule has 6 nitrogen and oxygen atoms in total. The van der Waals surface area contributed by atoms with Gasteiger partial charge in [0.1, 0.15) is 5.56 Å². The number of nitrogens with one attached hydrogen (secondary N) is 1. The van der Waals surface area contributed by atoms with E-state index in [1.54, 1.807) is 35.4 Å². The number of fused-ring (bicyclic) bond motifs is 1. The van der Waals surface area contributed by atoms with Crippen molar-refractivity contribution in [1.29, 1.82) is 0 Å². The van der Waals surface area contributed by atoms with E-state index in [4.69, 9.17) is 4.74 Å². The van der Waals surface area contributed by atoms with Crippen LogP contribution in [0.3, 0.4) is 0 Å². The van der Waals surface area contributed by atoms with Crippen molar-refractivity contribution >= 4 is 22.9 Å². The third-order valence-corrected chi connectivity index (χ3v) is 4.12. The lowest BCUT2D eigenvalue weighted by Gasteiger charge is -2.04. The van der Waals surface area contributed by atoms with E-state index in [0.29, 0.717) is 24.4 Å². The maximum absolute atomic E-state index is 12.2. The molecule has 3 aromatic rings. The smallest absolute Gasteiger partial charge is 0.256 e. The molecule has 1 N–H and O–H groups in total. The van der Waals surface area contributed by atoms with E-state index in [9.17, 15) is 4.79 Å². The second kappa shape index (κ2) is 6.67. The summed E-state index contributed by atoms with van der Waals surface area (Å²) in [6.07, 6.45) is 4.04. The highest BCUT2D eigenvalue weighted by molar-refractivity contribution is 7.13. The zero-order chi connectivity index (χ0) is 15.4. The molecule has 0 radical (unpaired) electrons. The lowest BCUT2D eigenvalue weighted by molar-refractivity contribution is 0.0950. The Morgan fingerprint density at radius 1 is 1.45 bits per heavy atom. The van der Waals surface area contributed by atoms with Gasteiger partial charge in [-0.2, -0.15) is 5.10 Å². The summed E-state index contributed by atoms with van der Waals surface area (Å²) in [7, 11) is 1.64. The lowest BCUT2D eigenvalue weighted by Crippen LogP contribution is -2.25. The zero-order valence-corrected chi connectivity index (χ0v) is 13.0. The summed E-state index contributed by atoms with van der Waals surface area (Å²) >= 11 is 1.62. The molecule has 0 aliphatic rings. The second-order valence-corrected chi connectivity index (χ2v) is 5.65. The van der Waals surface area contributed by atoms with E-state index < -0.39 is 0 Å². The number of carbonyl (C=O) groups excluding carboxylic acids is 1. The number of hydrogen-bond donors (Lipinski definition) is 1. The first kappa shape index (κ1) is 14.7. The van der Waals surface area contributed by atoms with Crippen molar-refractivity contribution in [3.8, 4) is 10.6 Å². The Bertz CT molecular complexity index is 767. The normalized spacial score (nSPS) is 11.0. The molecule has 0 spiro atoms. The molecule has 0 saturated carbocycles. The predicted octanol–water partition coefficient (Wildman–Crippen LogP) is 2.22. The Morgan fingerprint density at radius 3 is 3.14 bits per heavy atom. The Balaban J connectivity index is 1.86. The first-order chi connectivity index (χ1) is 10.8. The number of aromatic nitrogens is 3. The monoisotopic (exact) mass is 316 g/mol. The van der Waals surface area contributed by atoms with Crippen LogP contribution in [0.15, 0.2) is 36.0 Å². The van der Waals surface area contributed by atoms with Crippen molar-refractivity contribution in [3.05, 3.63) is 41.5 Å². The van der Waals surface area contributed by atoms with Gasteiger partial charge in [0.15, 0.2) is 5.65 Å². The van der Waals surface area contributed by atoms with E-state index in [0.717, 1.165) is 17.0 Å². The van der Waals surface area contributed by atoms with Gasteiger partial charge in [-0.1, -0.05) is 6.07 Å². The van der Waals surface area contributed by atoms with Crippen LogP contribution in [0.5, 0.6) is 0 Å². The molecule has 7 heteroatoms. The summed E-state index contributed by atoms with van der Waals surface area (Å²) < 4.78 is 6.67. The van der Waals surface area contributed by atoms with Gasteiger partial charge in [-0.15, -0.1) is 11.3 Å². The molecule has 3 aromatic heterocycles. The van der Waals surface area contributed by atoms with Crippen LogP contribution in [0.25, 0.3) is 16.2 Å². The van der Waals surface area contributed by atoms with Crippen LogP contribution in [0.1, 0.15) is 16.8 Å². The van der Waals surface area contributed by atoms with Crippen LogP contribution in [0.2, 0.25) is 0 Å². The topological polar surface area (TPSA) is 68.5 Å². The summed E-state index contributed by atoms with van der Waals surface area (Å²) in [6.45, 7) is 1.18. The Kier molecular flexibility index (Phi) is 4.45. The Morgan fingerprint density at radius 2 is 2.36 bits per heavy atom. The van der Waals surface area contributed by atoms with Crippen molar-refractivity contribution in [1.82, 2.24) is 19.9 Å². The molecule has 0 saturated heterocycles. The highest BCUT2D eigenvalue weighted by Crippen LogP contribution is 2.25. The van der Waals surface area contributed by atoms with Gasteiger partial charge in [0, 0.05) is 26.5 Å². The molecule has 0 unspecified atom stereocenters. The number of thiophene rings is 1. The molecule has 22 heavy (non-hydrogen) atoms. The van der Waals surface area contributed by atoms with Gasteiger partial charge in [0.05, 0.1) is 16.8 Å². The fourth-order valence-corrected chi connectivity index (χ4v) is 2.91. The molecule has 1 amide bonds. The standard InChI is InChI=1S/C15H16N4O2S/c1-21-8-3-6-17-15(20)11-10-18-19-12(5-7-16-14(11)19)13-4-2-9-22-13/h2,4-5,7,9-10H,3,6,8H2,1H3,(H,17,20). The number of amides is 1. The summed E-state index contributed by atoms with van der Waals surface area (Å²) in [5.74, 6) is -0.165. The van der Waals surface area contributed by atoms with Gasteiger partial charge in [-0.25, -0.2) is 9.50 Å². The van der Waals surface area contributed by atoms with Gasteiger partial charge in [-0.05, 0) is 23.9 Å². The van der Waals surface area contributed by atoms with E-state index in [1.165, 1.54) is 0 Å². The van der Waals surface area contributed by atoms with Crippen LogP contribution in [0.4, 0.5) is 0 Å². The maximum atomic E-state index is 12.2. The third kappa shape index (κ3) is 2.86. The predicted molar refractivity (Wildman–Crippen MR) is 85.1 cm³/mol. The lowest BCUT2D eigenvalue weighted by atomic mass is 10.3. The van der Waals surface area contributed by atoms with Gasteiger partial charge in [-0.3, -0.25) is 4.79 Å². The van der Waals surface area contributed by atoms with Gasteiger partial charge in [0.25, 0.3) is 5.91 Å². The van der Waals surface area contributed by atoms with Crippen LogP contribution in [-0.4, -0.2) is 40.8 Å². The molecule has 0 aliphatic heterocycles. The van der Waals surface area contributed by atoms with Crippen molar-refractivity contribution in [2.75, 3.05) is 20.3 Å². The molecule has 3 rings (SSSR count). The molecule has 3 heterocycles. The minimum absolute atomic E-state index is 0.165. The van der Waals surface area contributed by atoms with Crippen LogP contribution in [-0.2, 0) is 4.74 Å². The summed E-state index contributed by atoms with van der Waals surface area (Å²) in [5.41, 5.74) is 1.98. The summed E-state index contributed by atoms with van der Waals surface area (Å²) in [4.78, 5) is 17.6. The SMILES string of the molecule is COCCCNC(=O)c1cnn2c(-c3cccs3)ccnc12. The first-order valence-electron chi connectivity index (χ1n) is 6.95. The molecule has 0 bridgehead atoms. The zero-order valence-electron chi connectivity index (χ0n) is 12.2. The van der Waals surface area contributed by atoms with Crippen LogP contribution < -0.4 is 5.32 Å². The largest absolute Gasteiger partial charge is 0.385 e. The van der Waals surface area contributed by atoms with E-state index in [-0.39, 0.29) is 5.91 Å². The average Bonchev–Trinajstić information content (AvgIpc) is 3.20. The molecule has 0 aliphatic carbocycles. The van der Waals surface area contributed by atoms with Crippen molar-refractivity contribution < 1.29 is 9.53 Å². The third-order valence-electron chi connectivity index (χ3n) is 3.23. The summed E-state index contributed by atoms with van der Waals surface area (Å²) in [5, 5.41) is 9.18. The second-order valence-electron chi connectivity index (χ2n) is 4.70. The molecule has 114 valence electrons. The molecular formula is C15H16N4O2S. The molecule has 0 aromatic carbocycles. The van der Waals surface area contributed by atoms with Crippen LogP contribution >= 0.6 is 11.3 Å². The molecular weight excluding hydrogens is 300 g/mol. The maximum Gasteiger partial charge on any atom is 0.256 e. The van der Waals surface area contributed by atoms with Crippen molar-refractivity contribution in [2.45, 2.75) is 6.42 Å². The minimum atomic E-state index is -0.165. The molecule has 0 fully saturated rings. The number of carbonyl (C=O) groups is 1. The van der Waals surface area contributed by atoms with Crippen molar-refractivity contribution in [3.63, 3.8) is 0 Å². The van der Waals surface area contributed by atoms with Crippen molar-refractivity contribution in [2.24, 2.45) is 0 Å². The minimum Gasteiger partial charge on any atom is -0.385 e. The summed E-state index contributed by atoms with van der Waals surface area (Å²) in [6, 6.07) is 5.90.